The highest BCUT2D eigenvalue weighted by molar-refractivity contribution is 9.11. The molecule has 0 radical (unpaired) electrons. The molecule has 0 spiro atoms. The van der Waals surface area contributed by atoms with Crippen molar-refractivity contribution in [3.8, 4) is 0 Å². The lowest BCUT2D eigenvalue weighted by atomic mass is 10.0. The fourth-order valence-corrected chi connectivity index (χ4v) is 1.69. The zero-order valence-corrected chi connectivity index (χ0v) is 10.8. The van der Waals surface area contributed by atoms with Gasteiger partial charge in [0, 0.05) is 29.5 Å². The summed E-state index contributed by atoms with van der Waals surface area (Å²) in [5, 5.41) is 3.40. The van der Waals surface area contributed by atoms with Crippen molar-refractivity contribution in [3.63, 3.8) is 0 Å². The van der Waals surface area contributed by atoms with Gasteiger partial charge < -0.3 is 5.32 Å². The van der Waals surface area contributed by atoms with Crippen molar-refractivity contribution in [2.45, 2.75) is 26.3 Å². The molecule has 1 heterocycles. The normalized spacial score (nSPS) is 12.5. The molecule has 1 rings (SSSR count). The highest BCUT2D eigenvalue weighted by atomic mass is 79.9. The van der Waals surface area contributed by atoms with Gasteiger partial charge in [-0.05, 0) is 30.5 Å². The predicted molar refractivity (Wildman–Crippen MR) is 68.1 cm³/mol. The van der Waals surface area contributed by atoms with Crippen molar-refractivity contribution in [3.05, 3.63) is 40.6 Å². The van der Waals surface area contributed by atoms with Crippen LogP contribution >= 0.6 is 15.9 Å². The lowest BCUT2D eigenvalue weighted by molar-refractivity contribution is 0.609. The molecule has 0 saturated carbocycles. The van der Waals surface area contributed by atoms with Gasteiger partial charge in [0.2, 0.25) is 0 Å². The molecule has 0 amide bonds. The summed E-state index contributed by atoms with van der Waals surface area (Å²) in [6.45, 7) is 8.90. The number of nitrogens with zero attached hydrogens (tertiary/aromatic N) is 1. The van der Waals surface area contributed by atoms with Crippen molar-refractivity contribution >= 4 is 15.9 Å². The van der Waals surface area contributed by atoms with Crippen LogP contribution in [0, 0.1) is 0 Å². The van der Waals surface area contributed by atoms with Gasteiger partial charge in [-0.2, -0.15) is 0 Å². The van der Waals surface area contributed by atoms with Crippen molar-refractivity contribution in [1.82, 2.24) is 10.3 Å². The van der Waals surface area contributed by atoms with Gasteiger partial charge in [0.05, 0.1) is 0 Å². The molecule has 15 heavy (non-hydrogen) atoms. The molecule has 1 aromatic heterocycles. The van der Waals surface area contributed by atoms with Gasteiger partial charge in [-0.1, -0.05) is 29.4 Å². The number of nitrogens with one attached hydrogen (secondary N) is 1. The number of pyridine rings is 1. The molecular formula is C12H17BrN2. The second-order valence-electron chi connectivity index (χ2n) is 3.55. The van der Waals surface area contributed by atoms with Crippen LogP contribution in [0.3, 0.4) is 0 Å². The average Bonchev–Trinajstić information content (AvgIpc) is 2.25. The van der Waals surface area contributed by atoms with Gasteiger partial charge in [0.15, 0.2) is 0 Å². The van der Waals surface area contributed by atoms with Gasteiger partial charge in [0.1, 0.15) is 0 Å². The van der Waals surface area contributed by atoms with Crippen LogP contribution in [-0.4, -0.2) is 11.5 Å². The summed E-state index contributed by atoms with van der Waals surface area (Å²) >= 11 is 3.34. The minimum Gasteiger partial charge on any atom is -0.306 e. The van der Waals surface area contributed by atoms with Gasteiger partial charge in [-0.3, -0.25) is 4.98 Å². The third-order valence-corrected chi connectivity index (χ3v) is 2.67. The molecule has 3 heteroatoms. The van der Waals surface area contributed by atoms with Gasteiger partial charge in [-0.15, -0.1) is 0 Å². The first-order valence-electron chi connectivity index (χ1n) is 5.14. The Hall–Kier alpha value is -0.670. The number of halogens is 1. The average molecular weight is 269 g/mol. The maximum atomic E-state index is 4.14. The Labute approximate surface area is 99.9 Å². The van der Waals surface area contributed by atoms with E-state index in [1.165, 1.54) is 11.1 Å². The Bertz CT molecular complexity index is 336. The first-order chi connectivity index (χ1) is 7.15. The van der Waals surface area contributed by atoms with Crippen LogP contribution in [0.4, 0.5) is 0 Å². The summed E-state index contributed by atoms with van der Waals surface area (Å²) in [4.78, 5) is 4.14. The lowest BCUT2D eigenvalue weighted by Crippen LogP contribution is -2.20. The Kier molecular flexibility index (Phi) is 4.99. The monoisotopic (exact) mass is 268 g/mol. The summed E-state index contributed by atoms with van der Waals surface area (Å²) in [7, 11) is 0. The predicted octanol–water partition coefficient (Wildman–Crippen LogP) is 3.20. The molecular weight excluding hydrogens is 252 g/mol. The Morgan fingerprint density at radius 1 is 1.67 bits per heavy atom. The molecule has 0 aromatic carbocycles. The zero-order valence-electron chi connectivity index (χ0n) is 9.26. The first kappa shape index (κ1) is 12.4. The molecule has 82 valence electrons. The van der Waals surface area contributed by atoms with E-state index in [0.717, 1.165) is 17.4 Å². The van der Waals surface area contributed by atoms with Crippen molar-refractivity contribution in [1.29, 1.82) is 0 Å². The van der Waals surface area contributed by atoms with Gasteiger partial charge in [-0.25, -0.2) is 0 Å². The first-order valence-corrected chi connectivity index (χ1v) is 5.94. The smallest absolute Gasteiger partial charge is 0.0303 e. The summed E-state index contributed by atoms with van der Waals surface area (Å²) < 4.78 is 0.974. The summed E-state index contributed by atoms with van der Waals surface area (Å²) in [6.07, 6.45) is 4.80. The molecule has 1 N–H and O–H groups in total. The zero-order chi connectivity index (χ0) is 11.3. The van der Waals surface area contributed by atoms with E-state index in [0.29, 0.717) is 6.04 Å². The number of hydrogen-bond acceptors (Lipinski definition) is 2. The molecule has 0 aliphatic heterocycles. The van der Waals surface area contributed by atoms with E-state index in [1.54, 1.807) is 0 Å². The second kappa shape index (κ2) is 6.03. The molecule has 1 atom stereocenters. The molecule has 2 nitrogen and oxygen atoms in total. The molecule has 0 fully saturated rings. The molecule has 0 saturated heterocycles. The fourth-order valence-electron chi connectivity index (χ4n) is 1.53. The third kappa shape index (κ3) is 3.76. The van der Waals surface area contributed by atoms with E-state index >= 15 is 0 Å². The molecule has 0 aliphatic carbocycles. The van der Waals surface area contributed by atoms with Crippen LogP contribution in [0.5, 0.6) is 0 Å². The number of hydrogen-bond donors (Lipinski definition) is 1. The maximum Gasteiger partial charge on any atom is 0.0303 e. The fraction of sp³-hybridized carbons (Fsp3) is 0.417. The molecule has 0 aliphatic rings. The SMILES string of the molecule is C=C(Br)CNC(C)c1ccncc1CC. The van der Waals surface area contributed by atoms with Crippen molar-refractivity contribution < 1.29 is 0 Å². The van der Waals surface area contributed by atoms with E-state index < -0.39 is 0 Å². The standard InChI is InChI=1S/C12H17BrN2/c1-4-11-8-14-6-5-12(11)10(3)15-7-9(2)13/h5-6,8,10,15H,2,4,7H2,1,3H3. The highest BCUT2D eigenvalue weighted by Crippen LogP contribution is 2.17. The second-order valence-corrected chi connectivity index (χ2v) is 4.67. The Balaban J connectivity index is 2.72. The quantitative estimate of drug-likeness (QED) is 0.887. The summed E-state index contributed by atoms with van der Waals surface area (Å²) in [5.74, 6) is 0. The topological polar surface area (TPSA) is 24.9 Å². The van der Waals surface area contributed by atoms with Crippen LogP contribution in [0.15, 0.2) is 29.5 Å². The maximum absolute atomic E-state index is 4.14. The summed E-state index contributed by atoms with van der Waals surface area (Å²) in [5.41, 5.74) is 2.62. The number of aryl methyl sites for hydroxylation is 1. The molecule has 0 bridgehead atoms. The van der Waals surface area contributed by atoms with Crippen LogP contribution in [0.25, 0.3) is 0 Å². The largest absolute Gasteiger partial charge is 0.306 e. The Morgan fingerprint density at radius 2 is 2.40 bits per heavy atom. The third-order valence-electron chi connectivity index (χ3n) is 2.39. The number of aromatic nitrogens is 1. The van der Waals surface area contributed by atoms with Crippen LogP contribution in [0.1, 0.15) is 31.0 Å². The van der Waals surface area contributed by atoms with Crippen LogP contribution < -0.4 is 5.32 Å². The number of rotatable bonds is 5. The van der Waals surface area contributed by atoms with Crippen molar-refractivity contribution in [2.24, 2.45) is 0 Å². The van der Waals surface area contributed by atoms with E-state index in [2.05, 4.69) is 52.7 Å². The van der Waals surface area contributed by atoms with Crippen LogP contribution in [-0.2, 0) is 6.42 Å². The van der Waals surface area contributed by atoms with E-state index in [4.69, 9.17) is 0 Å². The van der Waals surface area contributed by atoms with Gasteiger partial charge >= 0.3 is 0 Å². The van der Waals surface area contributed by atoms with E-state index in [1.807, 2.05) is 12.4 Å². The lowest BCUT2D eigenvalue weighted by Gasteiger charge is -2.16. The highest BCUT2D eigenvalue weighted by Gasteiger charge is 2.08. The van der Waals surface area contributed by atoms with Crippen molar-refractivity contribution in [2.75, 3.05) is 6.54 Å². The Morgan fingerprint density at radius 3 is 3.00 bits per heavy atom. The molecule has 1 aromatic rings. The minimum absolute atomic E-state index is 0.331. The summed E-state index contributed by atoms with van der Waals surface area (Å²) in [6, 6.07) is 2.41. The van der Waals surface area contributed by atoms with E-state index in [9.17, 15) is 0 Å². The minimum atomic E-state index is 0.331. The van der Waals surface area contributed by atoms with E-state index in [-0.39, 0.29) is 0 Å². The molecule has 1 unspecified atom stereocenters. The van der Waals surface area contributed by atoms with Gasteiger partial charge in [0.25, 0.3) is 0 Å². The van der Waals surface area contributed by atoms with Crippen LogP contribution in [0.2, 0.25) is 0 Å².